The van der Waals surface area contributed by atoms with E-state index in [4.69, 9.17) is 0 Å². The zero-order chi connectivity index (χ0) is 6.27. The lowest BCUT2D eigenvalue weighted by molar-refractivity contribution is 0.642. The van der Waals surface area contributed by atoms with Crippen LogP contribution in [0.25, 0.3) is 0 Å². The lowest BCUT2D eigenvalue weighted by Crippen LogP contribution is -2.08. The Morgan fingerprint density at radius 1 is 1.56 bits per heavy atom. The highest BCUT2D eigenvalue weighted by atomic mass is 127. The van der Waals surface area contributed by atoms with E-state index in [0.717, 1.165) is 19.6 Å². The summed E-state index contributed by atoms with van der Waals surface area (Å²) in [5, 5.41) is 0. The molecule has 9 heavy (non-hydrogen) atoms. The molecule has 0 unspecified atom stereocenters. The van der Waals surface area contributed by atoms with Crippen molar-refractivity contribution in [1.29, 1.82) is 0 Å². The van der Waals surface area contributed by atoms with Gasteiger partial charge in [-0.3, -0.25) is 4.99 Å². The molecule has 0 fully saturated rings. The summed E-state index contributed by atoms with van der Waals surface area (Å²) < 4.78 is 2.29. The van der Waals surface area contributed by atoms with Gasteiger partial charge in [-0.15, -0.1) is 0 Å². The van der Waals surface area contributed by atoms with Crippen molar-refractivity contribution in [1.82, 2.24) is 3.11 Å². The molecule has 0 aliphatic carbocycles. The number of nitrogens with zero attached hydrogens (tertiary/aromatic N) is 2. The number of aliphatic imine (C=N–C) groups is 1. The molecule has 2 heterocycles. The largest absolute Gasteiger partial charge is 0.288 e. The topological polar surface area (TPSA) is 15.6 Å². The molecule has 0 spiro atoms. The predicted octanol–water partition coefficient (Wildman–Crippen LogP) is 1.03. The van der Waals surface area contributed by atoms with Gasteiger partial charge in [-0.05, 0) is 11.1 Å². The van der Waals surface area contributed by atoms with Crippen LogP contribution in [0.15, 0.2) is 16.1 Å². The Labute approximate surface area is 68.1 Å². The number of halogens is 1. The average Bonchev–Trinajstić information content (AvgIpc) is 2.22. The first-order valence-electron chi connectivity index (χ1n) is 2.98. The summed E-state index contributed by atoms with van der Waals surface area (Å²) in [6.07, 6.45) is 2.01. The normalized spacial score (nSPS) is 25.9. The monoisotopic (exact) mass is 234 g/mol. The Morgan fingerprint density at radius 3 is 3.22 bits per heavy atom. The highest BCUT2D eigenvalue weighted by molar-refractivity contribution is 14.1. The van der Waals surface area contributed by atoms with E-state index in [9.17, 15) is 0 Å². The van der Waals surface area contributed by atoms with E-state index >= 15 is 0 Å². The van der Waals surface area contributed by atoms with Crippen LogP contribution in [-0.4, -0.2) is 29.0 Å². The van der Waals surface area contributed by atoms with Crippen LogP contribution in [0.5, 0.6) is 0 Å². The highest BCUT2D eigenvalue weighted by Crippen LogP contribution is 2.22. The second-order valence-electron chi connectivity index (χ2n) is 2.38. The van der Waals surface area contributed by atoms with E-state index in [2.05, 4.69) is 31.0 Å². The van der Waals surface area contributed by atoms with Crippen LogP contribution in [-0.2, 0) is 0 Å². The van der Waals surface area contributed by atoms with Gasteiger partial charge in [0.05, 0.1) is 6.54 Å². The van der Waals surface area contributed by atoms with Crippen LogP contribution in [0.3, 0.4) is 0 Å². The van der Waals surface area contributed by atoms with Crippen molar-refractivity contribution in [2.45, 2.75) is 0 Å². The van der Waals surface area contributed by atoms with E-state index in [-0.39, 0.29) is 0 Å². The molecule has 0 aromatic heterocycles. The third-order valence-electron chi connectivity index (χ3n) is 1.69. The second-order valence-corrected chi connectivity index (χ2v) is 3.74. The second kappa shape index (κ2) is 2.05. The maximum absolute atomic E-state index is 4.17. The first-order chi connectivity index (χ1) is 4.36. The first kappa shape index (κ1) is 5.85. The molecule has 0 aromatic carbocycles. The third kappa shape index (κ3) is 0.920. The fourth-order valence-electron chi connectivity index (χ4n) is 1.21. The molecule has 0 aromatic rings. The Hall–Kier alpha value is 0.1000. The number of hydrogen-bond acceptors (Lipinski definition) is 2. The highest BCUT2D eigenvalue weighted by Gasteiger charge is 2.20. The summed E-state index contributed by atoms with van der Waals surface area (Å²) in [6, 6.07) is 0. The van der Waals surface area contributed by atoms with Gasteiger partial charge >= 0.3 is 0 Å². The molecule has 0 bridgehead atoms. The van der Waals surface area contributed by atoms with Crippen LogP contribution in [0.1, 0.15) is 0 Å². The van der Waals surface area contributed by atoms with Gasteiger partial charge in [-0.1, -0.05) is 0 Å². The van der Waals surface area contributed by atoms with Crippen LogP contribution in [0.2, 0.25) is 0 Å². The molecule has 0 saturated carbocycles. The standard InChI is InChI=1S/C6H7IN2/c7-9-3-5-1-8-2-6(5)4-9/h1H,2-4H2. The SMILES string of the molecule is IN1CC2=C(CN=C2)C1. The van der Waals surface area contributed by atoms with Gasteiger partial charge in [0, 0.05) is 42.2 Å². The fraction of sp³-hybridized carbons (Fsp3) is 0.500. The summed E-state index contributed by atoms with van der Waals surface area (Å²) in [7, 11) is 0. The first-order valence-corrected chi connectivity index (χ1v) is 3.94. The maximum atomic E-state index is 4.17. The molecule has 3 heteroatoms. The van der Waals surface area contributed by atoms with Crippen LogP contribution < -0.4 is 0 Å². The van der Waals surface area contributed by atoms with E-state index in [1.165, 1.54) is 11.1 Å². The van der Waals surface area contributed by atoms with Gasteiger partial charge in [-0.2, -0.15) is 0 Å². The quantitative estimate of drug-likeness (QED) is 0.451. The van der Waals surface area contributed by atoms with E-state index < -0.39 is 0 Å². The van der Waals surface area contributed by atoms with Gasteiger partial charge in [-0.25, -0.2) is 3.11 Å². The van der Waals surface area contributed by atoms with Crippen molar-refractivity contribution >= 4 is 29.1 Å². The van der Waals surface area contributed by atoms with Gasteiger partial charge in [0.15, 0.2) is 0 Å². The molecule has 48 valence electrons. The van der Waals surface area contributed by atoms with Crippen LogP contribution >= 0.6 is 22.9 Å². The summed E-state index contributed by atoms with van der Waals surface area (Å²) in [5.41, 5.74) is 2.97. The van der Waals surface area contributed by atoms with E-state index in [0.29, 0.717) is 0 Å². The van der Waals surface area contributed by atoms with Crippen molar-refractivity contribution < 1.29 is 0 Å². The van der Waals surface area contributed by atoms with Crippen molar-refractivity contribution in [3.63, 3.8) is 0 Å². The van der Waals surface area contributed by atoms with Crippen LogP contribution in [0.4, 0.5) is 0 Å². The summed E-state index contributed by atoms with van der Waals surface area (Å²) in [4.78, 5) is 4.17. The number of hydrogen-bond donors (Lipinski definition) is 0. The molecule has 0 radical (unpaired) electrons. The van der Waals surface area contributed by atoms with Gasteiger partial charge in [0.1, 0.15) is 0 Å². The number of rotatable bonds is 0. The molecule has 0 amide bonds. The van der Waals surface area contributed by atoms with Crippen molar-refractivity contribution in [3.05, 3.63) is 11.1 Å². The Morgan fingerprint density at radius 2 is 2.44 bits per heavy atom. The molecule has 0 saturated heterocycles. The zero-order valence-electron chi connectivity index (χ0n) is 4.97. The third-order valence-corrected chi connectivity index (χ3v) is 2.37. The fourth-order valence-corrected chi connectivity index (χ4v) is 1.99. The minimum absolute atomic E-state index is 0.953. The van der Waals surface area contributed by atoms with E-state index in [1.807, 2.05) is 6.21 Å². The van der Waals surface area contributed by atoms with Crippen molar-refractivity contribution in [3.8, 4) is 0 Å². The van der Waals surface area contributed by atoms with Crippen molar-refractivity contribution in [2.24, 2.45) is 4.99 Å². The molecular weight excluding hydrogens is 227 g/mol. The molecule has 2 rings (SSSR count). The zero-order valence-corrected chi connectivity index (χ0v) is 7.13. The molecular formula is C6H7IN2. The summed E-state index contributed by atoms with van der Waals surface area (Å²) >= 11 is 2.35. The van der Waals surface area contributed by atoms with Gasteiger partial charge < -0.3 is 0 Å². The van der Waals surface area contributed by atoms with Gasteiger partial charge in [0.2, 0.25) is 0 Å². The van der Waals surface area contributed by atoms with Crippen LogP contribution in [0, 0.1) is 0 Å². The smallest absolute Gasteiger partial charge is 0.0619 e. The minimum atomic E-state index is 0.953. The molecule has 2 aliphatic rings. The lowest BCUT2D eigenvalue weighted by atomic mass is 10.2. The summed E-state index contributed by atoms with van der Waals surface area (Å²) in [6.45, 7) is 3.17. The molecule has 2 aliphatic heterocycles. The minimum Gasteiger partial charge on any atom is -0.288 e. The van der Waals surface area contributed by atoms with Crippen molar-refractivity contribution in [2.75, 3.05) is 19.6 Å². The summed E-state index contributed by atoms with van der Waals surface area (Å²) in [5.74, 6) is 0. The lowest BCUT2D eigenvalue weighted by Gasteiger charge is -2.03. The Balaban J connectivity index is 2.22. The Bertz CT molecular complexity index is 195. The molecule has 0 N–H and O–H groups in total. The maximum Gasteiger partial charge on any atom is 0.0619 e. The van der Waals surface area contributed by atoms with Gasteiger partial charge in [0.25, 0.3) is 0 Å². The van der Waals surface area contributed by atoms with E-state index in [1.54, 1.807) is 0 Å². The Kier molecular flexibility index (Phi) is 1.34. The average molecular weight is 234 g/mol. The predicted molar refractivity (Wildman–Crippen MR) is 46.0 cm³/mol. The molecule has 0 atom stereocenters. The molecule has 2 nitrogen and oxygen atoms in total.